The molecule has 5 nitrogen and oxygen atoms in total. The van der Waals surface area contributed by atoms with Crippen molar-refractivity contribution in [3.8, 4) is 11.5 Å². The molecule has 1 aromatic rings. The molecule has 138 valence electrons. The van der Waals surface area contributed by atoms with Gasteiger partial charge in [-0.05, 0) is 25.0 Å². The smallest absolute Gasteiger partial charge is 0.250 e. The summed E-state index contributed by atoms with van der Waals surface area (Å²) in [6.45, 7) is 0.783. The van der Waals surface area contributed by atoms with Gasteiger partial charge in [-0.25, -0.2) is 8.78 Å². The average Bonchev–Trinajstić information content (AvgIpc) is 2.82. The van der Waals surface area contributed by atoms with Crippen LogP contribution in [-0.2, 0) is 11.3 Å². The van der Waals surface area contributed by atoms with Crippen molar-refractivity contribution in [2.24, 2.45) is 11.1 Å². The Balaban J connectivity index is 1.79. The summed E-state index contributed by atoms with van der Waals surface area (Å²) >= 11 is 0. The van der Waals surface area contributed by atoms with Gasteiger partial charge < -0.3 is 20.1 Å². The molecule has 1 spiro atoms. The number of amides is 1. The molecular weight excluding hydrogens is 330 g/mol. The fourth-order valence-corrected chi connectivity index (χ4v) is 4.18. The molecule has 1 aliphatic heterocycles. The first-order valence-electron chi connectivity index (χ1n) is 8.42. The molecule has 1 heterocycles. The van der Waals surface area contributed by atoms with E-state index in [-0.39, 0.29) is 12.3 Å². The van der Waals surface area contributed by atoms with Crippen molar-refractivity contribution in [3.63, 3.8) is 0 Å². The molecule has 0 aromatic heterocycles. The summed E-state index contributed by atoms with van der Waals surface area (Å²) in [5, 5.41) is 0. The fourth-order valence-electron chi connectivity index (χ4n) is 4.18. The largest absolute Gasteiger partial charge is 0.497 e. The maximum atomic E-state index is 14.0. The normalized spacial score (nSPS) is 28.4. The lowest BCUT2D eigenvalue weighted by Gasteiger charge is -2.39. The predicted octanol–water partition coefficient (Wildman–Crippen LogP) is 2.57. The van der Waals surface area contributed by atoms with Crippen LogP contribution in [0.4, 0.5) is 8.78 Å². The van der Waals surface area contributed by atoms with Crippen molar-refractivity contribution in [2.75, 3.05) is 20.8 Å². The van der Waals surface area contributed by atoms with Gasteiger partial charge in [0.15, 0.2) is 0 Å². The van der Waals surface area contributed by atoms with E-state index in [1.165, 1.54) is 0 Å². The van der Waals surface area contributed by atoms with Crippen LogP contribution in [0.25, 0.3) is 0 Å². The van der Waals surface area contributed by atoms with Crippen LogP contribution in [0.15, 0.2) is 18.2 Å². The Morgan fingerprint density at radius 1 is 1.28 bits per heavy atom. The minimum atomic E-state index is -2.87. The molecule has 1 amide bonds. The maximum absolute atomic E-state index is 14.0. The molecule has 7 heteroatoms. The maximum Gasteiger partial charge on any atom is 0.250 e. The van der Waals surface area contributed by atoms with Gasteiger partial charge in [-0.1, -0.05) is 0 Å². The summed E-state index contributed by atoms with van der Waals surface area (Å²) in [6.07, 6.45) is 0.0162. The van der Waals surface area contributed by atoms with Crippen LogP contribution < -0.4 is 15.2 Å². The van der Waals surface area contributed by atoms with Crippen molar-refractivity contribution in [2.45, 2.75) is 44.2 Å². The van der Waals surface area contributed by atoms with Crippen molar-refractivity contribution < 1.29 is 23.0 Å². The number of methoxy groups -OCH3 is 2. The Bertz CT molecular complexity index is 668. The molecule has 1 aromatic carbocycles. The van der Waals surface area contributed by atoms with E-state index in [0.29, 0.717) is 37.4 Å². The van der Waals surface area contributed by atoms with E-state index in [1.807, 2.05) is 6.07 Å². The topological polar surface area (TPSA) is 64.8 Å². The van der Waals surface area contributed by atoms with E-state index in [2.05, 4.69) is 0 Å². The Morgan fingerprint density at radius 2 is 2.04 bits per heavy atom. The monoisotopic (exact) mass is 354 g/mol. The van der Waals surface area contributed by atoms with Crippen LogP contribution in [0, 0.1) is 5.41 Å². The van der Waals surface area contributed by atoms with Gasteiger partial charge >= 0.3 is 0 Å². The molecule has 3 rings (SSSR count). The molecule has 2 unspecified atom stereocenters. The first kappa shape index (κ1) is 17.9. The molecule has 0 radical (unpaired) electrons. The third-order valence-corrected chi connectivity index (χ3v) is 5.27. The molecule has 25 heavy (non-hydrogen) atoms. The van der Waals surface area contributed by atoms with E-state index >= 15 is 0 Å². The van der Waals surface area contributed by atoms with E-state index in [4.69, 9.17) is 15.2 Å². The third-order valence-electron chi connectivity index (χ3n) is 5.27. The lowest BCUT2D eigenvalue weighted by atomic mass is 9.69. The van der Waals surface area contributed by atoms with Crippen molar-refractivity contribution in [3.05, 3.63) is 23.8 Å². The van der Waals surface area contributed by atoms with Gasteiger partial charge in [0, 0.05) is 43.6 Å². The van der Waals surface area contributed by atoms with Crippen LogP contribution in [0.3, 0.4) is 0 Å². The van der Waals surface area contributed by atoms with Gasteiger partial charge in [-0.3, -0.25) is 4.79 Å². The molecule has 2 aliphatic rings. The SMILES string of the molecule is COc1ccc(CN2CCC3(CC(N)CC(F)(F)C3)C2=O)c(OC)c1. The summed E-state index contributed by atoms with van der Waals surface area (Å²) in [7, 11) is 3.11. The number of likely N-dealkylation sites (tertiary alicyclic amines) is 1. The van der Waals surface area contributed by atoms with Crippen molar-refractivity contribution in [1.29, 1.82) is 0 Å². The van der Waals surface area contributed by atoms with Crippen LogP contribution in [0.5, 0.6) is 11.5 Å². The fraction of sp³-hybridized carbons (Fsp3) is 0.611. The molecular formula is C18H24F2N2O3. The predicted molar refractivity (Wildman–Crippen MR) is 88.8 cm³/mol. The second kappa shape index (κ2) is 6.44. The molecule has 0 bridgehead atoms. The summed E-state index contributed by atoms with van der Waals surface area (Å²) in [5.41, 5.74) is 5.61. The number of rotatable bonds is 4. The van der Waals surface area contributed by atoms with Crippen LogP contribution in [-0.4, -0.2) is 43.5 Å². The van der Waals surface area contributed by atoms with E-state index in [0.717, 1.165) is 5.56 Å². The Hall–Kier alpha value is -1.89. The third kappa shape index (κ3) is 3.42. The highest BCUT2D eigenvalue weighted by Crippen LogP contribution is 2.50. The minimum Gasteiger partial charge on any atom is -0.497 e. The minimum absolute atomic E-state index is 0.222. The van der Waals surface area contributed by atoms with Crippen LogP contribution in [0.2, 0.25) is 0 Å². The number of alkyl halides is 2. The lowest BCUT2D eigenvalue weighted by molar-refractivity contribution is -0.148. The Labute approximate surface area is 146 Å². The zero-order valence-electron chi connectivity index (χ0n) is 14.6. The van der Waals surface area contributed by atoms with E-state index < -0.39 is 23.8 Å². The number of hydrogen-bond donors (Lipinski definition) is 1. The summed E-state index contributed by atoms with van der Waals surface area (Å²) in [6, 6.07) is 4.73. The van der Waals surface area contributed by atoms with E-state index in [1.54, 1.807) is 31.3 Å². The molecule has 2 atom stereocenters. The van der Waals surface area contributed by atoms with Crippen LogP contribution in [0.1, 0.15) is 31.2 Å². The molecule has 2 fully saturated rings. The number of nitrogens with two attached hydrogens (primary N) is 1. The van der Waals surface area contributed by atoms with Gasteiger partial charge in [0.05, 0.1) is 19.6 Å². The quantitative estimate of drug-likeness (QED) is 0.903. The van der Waals surface area contributed by atoms with Crippen molar-refractivity contribution in [1.82, 2.24) is 4.90 Å². The first-order valence-corrected chi connectivity index (χ1v) is 8.42. The lowest BCUT2D eigenvalue weighted by Crippen LogP contribution is -2.49. The number of nitrogens with zero attached hydrogens (tertiary/aromatic N) is 1. The second-order valence-electron chi connectivity index (χ2n) is 7.14. The molecule has 2 N–H and O–H groups in total. The second-order valence-corrected chi connectivity index (χ2v) is 7.14. The summed E-state index contributed by atoms with van der Waals surface area (Å²) in [5.74, 6) is -1.83. The van der Waals surface area contributed by atoms with Gasteiger partial charge in [0.25, 0.3) is 5.92 Å². The number of carbonyl (C=O) groups excluding carboxylic acids is 1. The van der Waals surface area contributed by atoms with Gasteiger partial charge in [0.1, 0.15) is 11.5 Å². The van der Waals surface area contributed by atoms with Crippen LogP contribution >= 0.6 is 0 Å². The van der Waals surface area contributed by atoms with Gasteiger partial charge in [-0.15, -0.1) is 0 Å². The summed E-state index contributed by atoms with van der Waals surface area (Å²) < 4.78 is 38.5. The van der Waals surface area contributed by atoms with E-state index in [9.17, 15) is 13.6 Å². The molecule has 1 aliphatic carbocycles. The summed E-state index contributed by atoms with van der Waals surface area (Å²) in [4.78, 5) is 14.6. The Morgan fingerprint density at radius 3 is 2.68 bits per heavy atom. The van der Waals surface area contributed by atoms with Gasteiger partial charge in [0.2, 0.25) is 5.91 Å². The first-order chi connectivity index (χ1) is 11.8. The highest BCUT2D eigenvalue weighted by atomic mass is 19.3. The number of carbonyl (C=O) groups is 1. The zero-order valence-corrected chi connectivity index (χ0v) is 14.6. The van der Waals surface area contributed by atoms with Crippen molar-refractivity contribution >= 4 is 5.91 Å². The number of ether oxygens (including phenoxy) is 2. The highest BCUT2D eigenvalue weighted by Gasteiger charge is 2.56. The van der Waals surface area contributed by atoms with Gasteiger partial charge in [-0.2, -0.15) is 0 Å². The standard InChI is InChI=1S/C18H24F2N2O3/c1-24-14-4-3-12(15(7-14)25-2)10-22-6-5-17(16(22)23)8-13(21)9-18(19,20)11-17/h3-4,7,13H,5-6,8-11,21H2,1-2H3. The molecule has 1 saturated carbocycles. The highest BCUT2D eigenvalue weighted by molar-refractivity contribution is 5.85. The number of halogens is 2. The Kier molecular flexibility index (Phi) is 4.62. The zero-order chi connectivity index (χ0) is 18.2. The average molecular weight is 354 g/mol. The number of hydrogen-bond acceptors (Lipinski definition) is 4. The number of benzene rings is 1. The molecule has 1 saturated heterocycles.